The summed E-state index contributed by atoms with van der Waals surface area (Å²) in [5.74, 6) is 0. The highest BCUT2D eigenvalue weighted by Gasteiger charge is 2.17. The number of benzene rings is 4. The molecule has 0 fully saturated rings. The predicted molar refractivity (Wildman–Crippen MR) is 115 cm³/mol. The van der Waals surface area contributed by atoms with Crippen LogP contribution >= 0.6 is 0 Å². The SMILES string of the molecule is Cc1ccc2c3ccc4c5ccccc5[nH]c4c3n(-c3ccccc3)c2c1. The van der Waals surface area contributed by atoms with E-state index in [1.54, 1.807) is 0 Å². The third kappa shape index (κ3) is 1.95. The van der Waals surface area contributed by atoms with Gasteiger partial charge in [-0.1, -0.05) is 60.7 Å². The molecule has 0 aliphatic rings. The second kappa shape index (κ2) is 5.24. The first kappa shape index (κ1) is 14.6. The molecule has 0 spiro atoms. The third-order valence-electron chi connectivity index (χ3n) is 5.58. The van der Waals surface area contributed by atoms with Crippen molar-refractivity contribution >= 4 is 43.6 Å². The molecule has 2 nitrogen and oxygen atoms in total. The number of H-pyrrole nitrogens is 1. The van der Waals surface area contributed by atoms with Crippen LogP contribution < -0.4 is 0 Å². The summed E-state index contributed by atoms with van der Waals surface area (Å²) in [6.07, 6.45) is 0. The zero-order valence-electron chi connectivity index (χ0n) is 15.0. The standard InChI is InChI=1S/C25H18N2/c1-16-11-12-19-21-14-13-20-18-9-5-6-10-22(18)26-24(20)25(21)27(23(19)15-16)17-7-3-2-4-8-17/h2-15,26H,1H3. The molecule has 0 aliphatic heterocycles. The van der Waals surface area contributed by atoms with E-state index < -0.39 is 0 Å². The van der Waals surface area contributed by atoms with E-state index in [1.807, 2.05) is 0 Å². The molecule has 2 aromatic heterocycles. The summed E-state index contributed by atoms with van der Waals surface area (Å²) in [5, 5.41) is 5.12. The Kier molecular flexibility index (Phi) is 2.84. The molecule has 4 aromatic carbocycles. The van der Waals surface area contributed by atoms with Gasteiger partial charge in [0.25, 0.3) is 0 Å². The second-order valence-electron chi connectivity index (χ2n) is 7.25. The lowest BCUT2D eigenvalue weighted by Crippen LogP contribution is -1.94. The topological polar surface area (TPSA) is 20.7 Å². The Labute approximate surface area is 156 Å². The van der Waals surface area contributed by atoms with Crippen LogP contribution in [0.3, 0.4) is 0 Å². The summed E-state index contributed by atoms with van der Waals surface area (Å²) in [6, 6.07) is 30.5. The van der Waals surface area contributed by atoms with Gasteiger partial charge in [-0.05, 0) is 36.8 Å². The number of hydrogen-bond acceptors (Lipinski definition) is 0. The fourth-order valence-electron chi connectivity index (χ4n) is 4.37. The second-order valence-corrected chi connectivity index (χ2v) is 7.25. The third-order valence-corrected chi connectivity index (χ3v) is 5.58. The molecule has 2 heteroatoms. The lowest BCUT2D eigenvalue weighted by Gasteiger charge is -2.08. The molecule has 0 atom stereocenters. The average Bonchev–Trinajstić information content (AvgIpc) is 3.23. The number of nitrogens with zero attached hydrogens (tertiary/aromatic N) is 1. The molecule has 6 rings (SSSR count). The van der Waals surface area contributed by atoms with E-state index in [4.69, 9.17) is 0 Å². The van der Waals surface area contributed by atoms with E-state index in [9.17, 15) is 0 Å². The molecular formula is C25H18N2. The smallest absolute Gasteiger partial charge is 0.0783 e. The number of aromatic nitrogens is 2. The number of aryl methyl sites for hydroxylation is 1. The van der Waals surface area contributed by atoms with Crippen LogP contribution in [0.25, 0.3) is 49.3 Å². The Hall–Kier alpha value is -3.52. The first-order valence-corrected chi connectivity index (χ1v) is 9.31. The molecule has 0 amide bonds. The molecular weight excluding hydrogens is 328 g/mol. The Bertz CT molecular complexity index is 1470. The van der Waals surface area contributed by atoms with Gasteiger partial charge in [-0.15, -0.1) is 0 Å². The first-order valence-electron chi connectivity index (χ1n) is 9.31. The predicted octanol–water partition coefficient (Wildman–Crippen LogP) is 6.73. The number of para-hydroxylation sites is 2. The maximum atomic E-state index is 3.69. The molecule has 0 saturated heterocycles. The van der Waals surface area contributed by atoms with Gasteiger partial charge in [-0.2, -0.15) is 0 Å². The molecule has 6 aromatic rings. The van der Waals surface area contributed by atoms with Gasteiger partial charge in [0.1, 0.15) is 0 Å². The van der Waals surface area contributed by atoms with Gasteiger partial charge < -0.3 is 9.55 Å². The highest BCUT2D eigenvalue weighted by Crippen LogP contribution is 2.38. The van der Waals surface area contributed by atoms with Gasteiger partial charge in [0.05, 0.1) is 16.6 Å². The van der Waals surface area contributed by atoms with Crippen molar-refractivity contribution in [2.75, 3.05) is 0 Å². The van der Waals surface area contributed by atoms with Crippen LogP contribution in [-0.2, 0) is 0 Å². The molecule has 0 unspecified atom stereocenters. The van der Waals surface area contributed by atoms with Gasteiger partial charge in [-0.3, -0.25) is 0 Å². The Morgan fingerprint density at radius 2 is 1.41 bits per heavy atom. The van der Waals surface area contributed by atoms with E-state index >= 15 is 0 Å². The van der Waals surface area contributed by atoms with Gasteiger partial charge in [0.15, 0.2) is 0 Å². The van der Waals surface area contributed by atoms with Crippen molar-refractivity contribution in [3.63, 3.8) is 0 Å². The van der Waals surface area contributed by atoms with E-state index in [-0.39, 0.29) is 0 Å². The minimum atomic E-state index is 1.18. The van der Waals surface area contributed by atoms with Gasteiger partial charge in [0, 0.05) is 32.7 Å². The minimum Gasteiger partial charge on any atom is -0.353 e. The quantitative estimate of drug-likeness (QED) is 0.341. The zero-order valence-corrected chi connectivity index (χ0v) is 15.0. The number of hydrogen-bond donors (Lipinski definition) is 1. The summed E-state index contributed by atoms with van der Waals surface area (Å²) in [5.41, 5.74) is 7.34. The lowest BCUT2D eigenvalue weighted by atomic mass is 10.1. The number of rotatable bonds is 1. The van der Waals surface area contributed by atoms with Crippen LogP contribution in [0, 0.1) is 6.92 Å². The Balaban J connectivity index is 1.92. The lowest BCUT2D eigenvalue weighted by molar-refractivity contribution is 1.18. The molecule has 0 aliphatic carbocycles. The van der Waals surface area contributed by atoms with Gasteiger partial charge in [-0.25, -0.2) is 0 Å². The molecule has 0 bridgehead atoms. The summed E-state index contributed by atoms with van der Waals surface area (Å²) in [4.78, 5) is 3.69. The normalized spacial score (nSPS) is 11.9. The Morgan fingerprint density at radius 1 is 0.667 bits per heavy atom. The summed E-state index contributed by atoms with van der Waals surface area (Å²) < 4.78 is 2.40. The van der Waals surface area contributed by atoms with Crippen molar-refractivity contribution in [2.24, 2.45) is 0 Å². The Morgan fingerprint density at radius 3 is 2.30 bits per heavy atom. The fourth-order valence-corrected chi connectivity index (χ4v) is 4.37. The zero-order chi connectivity index (χ0) is 18.0. The van der Waals surface area contributed by atoms with Crippen molar-refractivity contribution in [1.82, 2.24) is 9.55 Å². The highest BCUT2D eigenvalue weighted by atomic mass is 15.0. The first-order chi connectivity index (χ1) is 13.3. The van der Waals surface area contributed by atoms with Gasteiger partial charge in [0.2, 0.25) is 0 Å². The number of fused-ring (bicyclic) bond motifs is 7. The van der Waals surface area contributed by atoms with Crippen molar-refractivity contribution < 1.29 is 0 Å². The maximum absolute atomic E-state index is 3.69. The van der Waals surface area contributed by atoms with Crippen molar-refractivity contribution in [3.05, 3.63) is 90.5 Å². The molecule has 2 heterocycles. The van der Waals surface area contributed by atoms with E-state index in [0.717, 1.165) is 0 Å². The highest BCUT2D eigenvalue weighted by molar-refractivity contribution is 6.22. The molecule has 128 valence electrons. The molecule has 27 heavy (non-hydrogen) atoms. The van der Waals surface area contributed by atoms with Crippen molar-refractivity contribution in [1.29, 1.82) is 0 Å². The maximum Gasteiger partial charge on any atom is 0.0783 e. The van der Waals surface area contributed by atoms with Crippen LogP contribution in [0.2, 0.25) is 0 Å². The fraction of sp³-hybridized carbons (Fsp3) is 0.0400. The van der Waals surface area contributed by atoms with Crippen LogP contribution in [-0.4, -0.2) is 9.55 Å². The van der Waals surface area contributed by atoms with E-state index in [2.05, 4.69) is 101 Å². The van der Waals surface area contributed by atoms with Crippen LogP contribution in [0.4, 0.5) is 0 Å². The van der Waals surface area contributed by atoms with Crippen LogP contribution in [0.5, 0.6) is 0 Å². The van der Waals surface area contributed by atoms with E-state index in [1.165, 1.54) is 54.9 Å². The number of aromatic amines is 1. The molecule has 1 N–H and O–H groups in total. The average molecular weight is 346 g/mol. The summed E-state index contributed by atoms with van der Waals surface area (Å²) >= 11 is 0. The van der Waals surface area contributed by atoms with Crippen LogP contribution in [0.1, 0.15) is 5.56 Å². The van der Waals surface area contributed by atoms with Gasteiger partial charge >= 0.3 is 0 Å². The van der Waals surface area contributed by atoms with Crippen molar-refractivity contribution in [2.45, 2.75) is 6.92 Å². The molecule has 0 radical (unpaired) electrons. The van der Waals surface area contributed by atoms with Crippen molar-refractivity contribution in [3.8, 4) is 5.69 Å². The monoisotopic (exact) mass is 346 g/mol. The largest absolute Gasteiger partial charge is 0.353 e. The summed E-state index contributed by atoms with van der Waals surface area (Å²) in [6.45, 7) is 2.16. The molecule has 0 saturated carbocycles. The summed E-state index contributed by atoms with van der Waals surface area (Å²) in [7, 11) is 0. The minimum absolute atomic E-state index is 1.18. The number of nitrogens with one attached hydrogen (secondary N) is 1. The van der Waals surface area contributed by atoms with Crippen LogP contribution in [0.15, 0.2) is 84.9 Å². The van der Waals surface area contributed by atoms with E-state index in [0.29, 0.717) is 0 Å².